The van der Waals surface area contributed by atoms with Gasteiger partial charge in [-0.3, -0.25) is 14.4 Å². The number of likely N-dealkylation sites (tertiary alicyclic amines) is 1. The number of hydrogen-bond acceptors (Lipinski definition) is 7. The zero-order valence-corrected chi connectivity index (χ0v) is 20.6. The van der Waals surface area contributed by atoms with E-state index >= 15 is 0 Å². The number of nitrogens with zero attached hydrogens (tertiary/aromatic N) is 4. The van der Waals surface area contributed by atoms with E-state index in [0.29, 0.717) is 6.54 Å². The van der Waals surface area contributed by atoms with Crippen molar-refractivity contribution in [1.29, 1.82) is 0 Å². The molecule has 1 spiro atoms. The number of ether oxygens (including phenoxy) is 1. The van der Waals surface area contributed by atoms with E-state index < -0.39 is 24.3 Å². The Balaban J connectivity index is 0.000000301. The summed E-state index contributed by atoms with van der Waals surface area (Å²) in [5.41, 5.74) is 2.06. The number of carboxylic acids is 2. The van der Waals surface area contributed by atoms with Gasteiger partial charge in [0.15, 0.2) is 0 Å². The maximum absolute atomic E-state index is 12.2. The van der Waals surface area contributed by atoms with Crippen LogP contribution >= 0.6 is 11.3 Å². The highest BCUT2D eigenvalue weighted by Crippen LogP contribution is 2.33. The van der Waals surface area contributed by atoms with E-state index in [2.05, 4.69) is 16.2 Å². The standard InChI is InChI=1S/C17H22N4O2S.2C2HF3O2/c1-19-9-14(8-18-19)10-20-5-3-17(4-6-20)13-21(16(22)11-23-17)15-2-7-24-12-15;2*3-2(4,5)1(6)7/h2,7-9,12H,3-6,10-11,13H2,1H3;2*(H,6,7). The number of morpholine rings is 1. The van der Waals surface area contributed by atoms with E-state index in [9.17, 15) is 31.1 Å². The fraction of sp³-hybridized carbons (Fsp3) is 0.524. The van der Waals surface area contributed by atoms with Crippen LogP contribution in [0, 0.1) is 0 Å². The van der Waals surface area contributed by atoms with Gasteiger partial charge in [0.05, 0.1) is 24.0 Å². The van der Waals surface area contributed by atoms with E-state index in [1.807, 2.05) is 39.7 Å². The van der Waals surface area contributed by atoms with Crippen LogP contribution in [0.15, 0.2) is 29.2 Å². The molecule has 4 rings (SSSR count). The van der Waals surface area contributed by atoms with Crippen molar-refractivity contribution in [3.63, 3.8) is 0 Å². The zero-order valence-electron chi connectivity index (χ0n) is 19.8. The second kappa shape index (κ2) is 12.6. The molecule has 38 heavy (non-hydrogen) atoms. The van der Waals surface area contributed by atoms with Crippen LogP contribution < -0.4 is 4.90 Å². The summed E-state index contributed by atoms with van der Waals surface area (Å²) >= 11 is 1.62. The average molecular weight is 575 g/mol. The molecule has 1 amide bonds. The number of thiophene rings is 1. The van der Waals surface area contributed by atoms with Gasteiger partial charge in [-0.2, -0.15) is 42.8 Å². The second-order valence-electron chi connectivity index (χ2n) is 8.34. The van der Waals surface area contributed by atoms with Crippen molar-refractivity contribution in [2.45, 2.75) is 37.3 Å². The van der Waals surface area contributed by atoms with Crippen molar-refractivity contribution in [3.05, 3.63) is 34.8 Å². The van der Waals surface area contributed by atoms with Gasteiger partial charge in [-0.1, -0.05) is 0 Å². The number of amides is 1. The summed E-state index contributed by atoms with van der Waals surface area (Å²) in [6.07, 6.45) is -4.25. The molecule has 0 radical (unpaired) electrons. The molecule has 2 saturated heterocycles. The summed E-state index contributed by atoms with van der Waals surface area (Å²) in [7, 11) is 1.95. The Labute approximate surface area is 216 Å². The third-order valence-corrected chi connectivity index (χ3v) is 6.15. The molecule has 2 fully saturated rings. The first kappa shape index (κ1) is 31.0. The predicted molar refractivity (Wildman–Crippen MR) is 120 cm³/mol. The monoisotopic (exact) mass is 574 g/mol. The number of carbonyl (C=O) groups excluding carboxylic acids is 1. The molecule has 2 aromatic rings. The fourth-order valence-corrected chi connectivity index (χ4v) is 4.24. The third-order valence-electron chi connectivity index (χ3n) is 5.48. The van der Waals surface area contributed by atoms with E-state index in [4.69, 9.17) is 24.5 Å². The number of anilines is 1. The molecule has 2 aliphatic heterocycles. The van der Waals surface area contributed by atoms with E-state index in [-0.39, 0.29) is 18.1 Å². The lowest BCUT2D eigenvalue weighted by atomic mass is 9.89. The van der Waals surface area contributed by atoms with Gasteiger partial charge in [0.25, 0.3) is 5.91 Å². The Morgan fingerprint density at radius 1 is 1.11 bits per heavy atom. The number of aryl methyl sites for hydroxylation is 1. The topological polar surface area (TPSA) is 125 Å². The van der Waals surface area contributed by atoms with Crippen molar-refractivity contribution in [3.8, 4) is 0 Å². The Morgan fingerprint density at radius 2 is 1.66 bits per heavy atom. The number of aliphatic carboxylic acids is 2. The van der Waals surface area contributed by atoms with Gasteiger partial charge in [-0.25, -0.2) is 9.59 Å². The number of carboxylic acid groups (broad SMARTS) is 2. The molecule has 0 aromatic carbocycles. The highest BCUT2D eigenvalue weighted by molar-refractivity contribution is 7.08. The second-order valence-corrected chi connectivity index (χ2v) is 9.12. The van der Waals surface area contributed by atoms with Gasteiger partial charge in [0, 0.05) is 43.8 Å². The van der Waals surface area contributed by atoms with Gasteiger partial charge in [0.2, 0.25) is 0 Å². The normalized spacial score (nSPS) is 17.8. The molecule has 0 aliphatic carbocycles. The summed E-state index contributed by atoms with van der Waals surface area (Å²) in [5, 5.41) is 22.5. The van der Waals surface area contributed by atoms with Crippen LogP contribution in [0.5, 0.6) is 0 Å². The Hall–Kier alpha value is -3.18. The first-order valence-corrected chi connectivity index (χ1v) is 11.7. The molecule has 0 unspecified atom stereocenters. The van der Waals surface area contributed by atoms with Crippen molar-refractivity contribution in [1.82, 2.24) is 14.7 Å². The maximum atomic E-state index is 12.2. The lowest BCUT2D eigenvalue weighted by Gasteiger charge is -2.46. The molecule has 17 heteroatoms. The van der Waals surface area contributed by atoms with Gasteiger partial charge in [-0.15, -0.1) is 0 Å². The Bertz CT molecular complexity index is 1060. The van der Waals surface area contributed by atoms with Crippen LogP contribution in [0.25, 0.3) is 0 Å². The lowest BCUT2D eigenvalue weighted by molar-refractivity contribution is -0.193. The number of rotatable bonds is 3. The summed E-state index contributed by atoms with van der Waals surface area (Å²) in [5.74, 6) is -5.45. The summed E-state index contributed by atoms with van der Waals surface area (Å²) in [6.45, 7) is 3.76. The van der Waals surface area contributed by atoms with Gasteiger partial charge < -0.3 is 19.8 Å². The minimum atomic E-state index is -5.08. The third kappa shape index (κ3) is 9.29. The minimum absolute atomic E-state index is 0.0665. The zero-order chi connectivity index (χ0) is 28.7. The minimum Gasteiger partial charge on any atom is -0.475 e. The molecule has 4 heterocycles. The summed E-state index contributed by atoms with van der Waals surface area (Å²) < 4.78 is 71.3. The van der Waals surface area contributed by atoms with E-state index in [1.54, 1.807) is 11.3 Å². The molecule has 2 aromatic heterocycles. The maximum Gasteiger partial charge on any atom is 0.490 e. The Kier molecular flexibility index (Phi) is 10.3. The van der Waals surface area contributed by atoms with Crippen LogP contribution in [0.1, 0.15) is 18.4 Å². The fourth-order valence-electron chi connectivity index (χ4n) is 3.59. The molecule has 0 saturated carbocycles. The van der Waals surface area contributed by atoms with Crippen LogP contribution in [0.4, 0.5) is 32.0 Å². The first-order chi connectivity index (χ1) is 17.5. The average Bonchev–Trinajstić information content (AvgIpc) is 3.49. The molecule has 212 valence electrons. The van der Waals surface area contributed by atoms with Gasteiger partial charge in [0.1, 0.15) is 6.61 Å². The van der Waals surface area contributed by atoms with Gasteiger partial charge in [-0.05, 0) is 24.3 Å². The molecular weight excluding hydrogens is 550 g/mol. The molecule has 0 atom stereocenters. The SMILES string of the molecule is Cn1cc(CN2CCC3(CC2)CN(c2ccsc2)C(=O)CO3)cn1.O=C(O)C(F)(F)F.O=C(O)C(F)(F)F. The Morgan fingerprint density at radius 3 is 2.08 bits per heavy atom. The molecule has 0 bridgehead atoms. The van der Waals surface area contributed by atoms with Crippen molar-refractivity contribution < 1.29 is 55.7 Å². The molecule has 2 aliphatic rings. The lowest BCUT2D eigenvalue weighted by Crippen LogP contribution is -2.58. The van der Waals surface area contributed by atoms with Crippen LogP contribution in [-0.2, 0) is 32.7 Å². The predicted octanol–water partition coefficient (Wildman–Crippen LogP) is 3.15. The van der Waals surface area contributed by atoms with Crippen LogP contribution in [0.2, 0.25) is 0 Å². The number of carbonyl (C=O) groups is 3. The number of halogens is 6. The van der Waals surface area contributed by atoms with Crippen LogP contribution in [-0.4, -0.2) is 86.9 Å². The van der Waals surface area contributed by atoms with Crippen LogP contribution in [0.3, 0.4) is 0 Å². The number of alkyl halides is 6. The number of aromatic nitrogens is 2. The van der Waals surface area contributed by atoms with Gasteiger partial charge >= 0.3 is 24.3 Å². The smallest absolute Gasteiger partial charge is 0.475 e. The molecule has 2 N–H and O–H groups in total. The molecular formula is C21H24F6N4O6S. The first-order valence-electron chi connectivity index (χ1n) is 10.8. The van der Waals surface area contributed by atoms with Crippen molar-refractivity contribution in [2.24, 2.45) is 7.05 Å². The summed E-state index contributed by atoms with van der Waals surface area (Å²) in [4.78, 5) is 34.3. The van der Waals surface area contributed by atoms with E-state index in [0.717, 1.165) is 38.2 Å². The largest absolute Gasteiger partial charge is 0.490 e. The number of hydrogen-bond donors (Lipinski definition) is 2. The highest BCUT2D eigenvalue weighted by atomic mass is 32.1. The number of piperidine rings is 1. The summed E-state index contributed by atoms with van der Waals surface area (Å²) in [6, 6.07) is 2.01. The van der Waals surface area contributed by atoms with Crippen molar-refractivity contribution in [2.75, 3.05) is 31.1 Å². The van der Waals surface area contributed by atoms with Crippen molar-refractivity contribution >= 4 is 34.9 Å². The quantitative estimate of drug-likeness (QED) is 0.536. The molecule has 10 nitrogen and oxygen atoms in total. The highest BCUT2D eigenvalue weighted by Gasteiger charge is 2.43. The van der Waals surface area contributed by atoms with E-state index in [1.165, 1.54) is 5.56 Å².